The molecular weight excluding hydrogens is 194 g/mol. The highest BCUT2D eigenvalue weighted by atomic mass is 14.5. The summed E-state index contributed by atoms with van der Waals surface area (Å²) in [5.74, 6) is 3.11. The van der Waals surface area contributed by atoms with Crippen molar-refractivity contribution in [2.75, 3.05) is 0 Å². The molecule has 0 aromatic rings. The molecule has 0 aromatic carbocycles. The Morgan fingerprint density at radius 3 is 1.19 bits per heavy atom. The highest BCUT2D eigenvalue weighted by molar-refractivity contribution is 5.23. The first-order chi connectivity index (χ1) is 7.21. The van der Waals surface area contributed by atoms with Crippen LogP contribution in [0.15, 0.2) is 0 Å². The van der Waals surface area contributed by atoms with Crippen molar-refractivity contribution in [3.05, 3.63) is 5.92 Å². The van der Waals surface area contributed by atoms with Crippen LogP contribution in [0.5, 0.6) is 0 Å². The lowest BCUT2D eigenvalue weighted by atomic mass is 9.56. The van der Waals surface area contributed by atoms with Crippen LogP contribution < -0.4 is 0 Å². The summed E-state index contributed by atoms with van der Waals surface area (Å²) >= 11 is 0. The molecule has 0 aromatic heterocycles. The average molecular weight is 222 g/mol. The largest absolute Gasteiger partial charge is 0.198 e. The lowest BCUT2D eigenvalue weighted by Gasteiger charge is -2.45. The molecule has 0 saturated carbocycles. The summed E-state index contributed by atoms with van der Waals surface area (Å²) in [6.45, 7) is 17.6. The van der Waals surface area contributed by atoms with Gasteiger partial charge in [0, 0.05) is 5.92 Å². The number of hydrogen-bond acceptors (Lipinski definition) is 1. The smallest absolute Gasteiger partial charge is 0.0701 e. The maximum atomic E-state index is 9.71. The predicted molar refractivity (Wildman–Crippen MR) is 70.6 cm³/mol. The Balaban J connectivity index is 5.55. The normalized spacial score (nSPS) is 13.2. The van der Waals surface area contributed by atoms with Crippen molar-refractivity contribution in [3.8, 4) is 6.07 Å². The van der Waals surface area contributed by atoms with E-state index in [1.54, 1.807) is 0 Å². The zero-order valence-corrected chi connectivity index (χ0v) is 12.3. The molecule has 1 heteroatoms. The first-order valence-corrected chi connectivity index (χ1v) is 6.50. The lowest BCUT2D eigenvalue weighted by molar-refractivity contribution is 0.156. The van der Waals surface area contributed by atoms with Crippen molar-refractivity contribution in [2.45, 2.75) is 55.4 Å². The fourth-order valence-electron chi connectivity index (χ4n) is 3.28. The zero-order valence-electron chi connectivity index (χ0n) is 12.3. The predicted octanol–water partition coefficient (Wildman–Crippen LogP) is 4.69. The molecule has 0 aliphatic carbocycles. The minimum atomic E-state index is -0.275. The maximum absolute atomic E-state index is 9.71. The summed E-state index contributed by atoms with van der Waals surface area (Å²) in [6, 6.07) is 2.64. The number of nitriles is 1. The van der Waals surface area contributed by atoms with E-state index in [-0.39, 0.29) is 5.41 Å². The molecule has 1 radical (unpaired) electrons. The molecule has 0 amide bonds. The first kappa shape index (κ1) is 15.5. The van der Waals surface area contributed by atoms with Crippen LogP contribution in [-0.2, 0) is 0 Å². The highest BCUT2D eigenvalue weighted by Crippen LogP contribution is 2.50. The Morgan fingerprint density at radius 2 is 1.12 bits per heavy atom. The number of rotatable bonds is 5. The Morgan fingerprint density at radius 1 is 0.812 bits per heavy atom. The number of nitrogens with zero attached hydrogens (tertiary/aromatic N) is 1. The van der Waals surface area contributed by atoms with Crippen LogP contribution in [0.4, 0.5) is 0 Å². The van der Waals surface area contributed by atoms with Gasteiger partial charge in [-0.1, -0.05) is 55.4 Å². The standard InChI is InChI=1S/C15H28N/c1-10(2)14(11(3)4)15(9-16,12(5)6)13(7)8/h10-13H,1-8H3. The average Bonchev–Trinajstić information content (AvgIpc) is 2.10. The highest BCUT2D eigenvalue weighted by Gasteiger charge is 2.47. The van der Waals surface area contributed by atoms with Crippen LogP contribution in [0.25, 0.3) is 0 Å². The molecule has 0 spiro atoms. The Hall–Kier alpha value is -0.510. The molecule has 16 heavy (non-hydrogen) atoms. The zero-order chi connectivity index (χ0) is 13.1. The van der Waals surface area contributed by atoms with Crippen molar-refractivity contribution >= 4 is 0 Å². The third-order valence-electron chi connectivity index (χ3n) is 3.73. The van der Waals surface area contributed by atoms with Crippen LogP contribution in [0.1, 0.15) is 55.4 Å². The summed E-state index contributed by atoms with van der Waals surface area (Å²) in [5, 5.41) is 9.71. The van der Waals surface area contributed by atoms with Crippen LogP contribution in [0.3, 0.4) is 0 Å². The minimum Gasteiger partial charge on any atom is -0.198 e. The summed E-state index contributed by atoms with van der Waals surface area (Å²) in [7, 11) is 0. The molecule has 0 heterocycles. The summed E-state index contributed by atoms with van der Waals surface area (Å²) < 4.78 is 0. The van der Waals surface area contributed by atoms with Gasteiger partial charge >= 0.3 is 0 Å². The van der Waals surface area contributed by atoms with Gasteiger partial charge in [0.15, 0.2) is 0 Å². The fraction of sp³-hybridized carbons (Fsp3) is 0.867. The van der Waals surface area contributed by atoms with Gasteiger partial charge in [0.2, 0.25) is 0 Å². The first-order valence-electron chi connectivity index (χ1n) is 6.50. The Kier molecular flexibility index (Phi) is 5.53. The molecule has 0 unspecified atom stereocenters. The van der Waals surface area contributed by atoms with Gasteiger partial charge in [0.1, 0.15) is 0 Å². The summed E-state index contributed by atoms with van der Waals surface area (Å²) in [5.41, 5.74) is -0.275. The molecule has 0 N–H and O–H groups in total. The molecule has 0 aliphatic heterocycles. The second-order valence-electron chi connectivity index (χ2n) is 6.05. The van der Waals surface area contributed by atoms with E-state index < -0.39 is 0 Å². The van der Waals surface area contributed by atoms with Gasteiger partial charge < -0.3 is 0 Å². The van der Waals surface area contributed by atoms with Crippen LogP contribution >= 0.6 is 0 Å². The topological polar surface area (TPSA) is 23.8 Å². The van der Waals surface area contributed by atoms with Gasteiger partial charge in [0.25, 0.3) is 0 Å². The Bertz CT molecular complexity index is 227. The monoisotopic (exact) mass is 222 g/mol. The summed E-state index contributed by atoms with van der Waals surface area (Å²) in [6.07, 6.45) is 0. The van der Waals surface area contributed by atoms with E-state index in [9.17, 15) is 5.26 Å². The van der Waals surface area contributed by atoms with E-state index in [0.29, 0.717) is 23.7 Å². The van der Waals surface area contributed by atoms with Crippen molar-refractivity contribution < 1.29 is 0 Å². The third kappa shape index (κ3) is 2.59. The molecule has 0 fully saturated rings. The number of hydrogen-bond donors (Lipinski definition) is 0. The second kappa shape index (κ2) is 5.71. The van der Waals surface area contributed by atoms with E-state index in [4.69, 9.17) is 0 Å². The molecule has 0 saturated heterocycles. The quantitative estimate of drug-likeness (QED) is 0.661. The molecule has 0 bridgehead atoms. The van der Waals surface area contributed by atoms with Crippen molar-refractivity contribution in [2.24, 2.45) is 29.1 Å². The Labute approximate surface area is 102 Å². The van der Waals surface area contributed by atoms with Crippen LogP contribution in [0.2, 0.25) is 0 Å². The van der Waals surface area contributed by atoms with E-state index >= 15 is 0 Å². The van der Waals surface area contributed by atoms with E-state index in [1.165, 1.54) is 5.92 Å². The summed E-state index contributed by atoms with van der Waals surface area (Å²) in [4.78, 5) is 0. The van der Waals surface area contributed by atoms with Crippen molar-refractivity contribution in [1.29, 1.82) is 5.26 Å². The van der Waals surface area contributed by atoms with Gasteiger partial charge in [-0.15, -0.1) is 0 Å². The molecule has 0 rings (SSSR count). The molecular formula is C15H28N. The molecule has 1 nitrogen and oxygen atoms in total. The minimum absolute atomic E-state index is 0.275. The van der Waals surface area contributed by atoms with Gasteiger partial charge in [-0.25, -0.2) is 0 Å². The van der Waals surface area contributed by atoms with Gasteiger partial charge in [0.05, 0.1) is 11.5 Å². The van der Waals surface area contributed by atoms with Crippen LogP contribution in [0, 0.1) is 46.3 Å². The van der Waals surface area contributed by atoms with Crippen LogP contribution in [-0.4, -0.2) is 0 Å². The third-order valence-corrected chi connectivity index (χ3v) is 3.73. The molecule has 0 aliphatic rings. The van der Waals surface area contributed by atoms with Crippen molar-refractivity contribution in [1.82, 2.24) is 0 Å². The SMILES string of the molecule is CC(C)[C](C(C)C)C(C#N)(C(C)C)C(C)C. The molecule has 93 valence electrons. The van der Waals surface area contributed by atoms with E-state index in [2.05, 4.69) is 61.5 Å². The maximum Gasteiger partial charge on any atom is 0.0701 e. The lowest BCUT2D eigenvalue weighted by Crippen LogP contribution is -2.42. The molecule has 0 atom stereocenters. The van der Waals surface area contributed by atoms with Gasteiger partial charge in [-0.2, -0.15) is 5.26 Å². The van der Waals surface area contributed by atoms with Gasteiger partial charge in [-0.3, -0.25) is 0 Å². The fourth-order valence-corrected chi connectivity index (χ4v) is 3.28. The van der Waals surface area contributed by atoms with E-state index in [0.717, 1.165) is 0 Å². The van der Waals surface area contributed by atoms with Gasteiger partial charge in [-0.05, 0) is 23.7 Å². The van der Waals surface area contributed by atoms with E-state index in [1.807, 2.05) is 0 Å². The van der Waals surface area contributed by atoms with Crippen molar-refractivity contribution in [3.63, 3.8) is 0 Å². The second-order valence-corrected chi connectivity index (χ2v) is 6.05.